The molecule has 8 heteroatoms. The smallest absolute Gasteiger partial charge is 0.128 e. The molecule has 150 valence electrons. The molecular weight excluding hydrogens is 376 g/mol. The molecule has 30 heavy (non-hydrogen) atoms. The third-order valence-corrected chi connectivity index (χ3v) is 5.75. The molecule has 0 aliphatic carbocycles. The Morgan fingerprint density at radius 2 is 1.87 bits per heavy atom. The first-order valence-corrected chi connectivity index (χ1v) is 10.1. The Balaban J connectivity index is 1.58. The molecule has 1 aliphatic heterocycles. The van der Waals surface area contributed by atoms with E-state index in [0.29, 0.717) is 16.8 Å². The number of rotatable bonds is 3. The second kappa shape index (κ2) is 7.26. The quantitative estimate of drug-likeness (QED) is 0.526. The molecule has 1 fully saturated rings. The van der Waals surface area contributed by atoms with E-state index in [0.717, 1.165) is 41.6 Å². The normalized spacial score (nSPS) is 14.9. The summed E-state index contributed by atoms with van der Waals surface area (Å²) in [5.41, 5.74) is 4.36. The highest BCUT2D eigenvalue weighted by molar-refractivity contribution is 5.83. The molecule has 0 saturated carbocycles. The van der Waals surface area contributed by atoms with Crippen molar-refractivity contribution in [2.24, 2.45) is 13.0 Å². The molecule has 1 saturated heterocycles. The molecule has 0 radical (unpaired) electrons. The average Bonchev–Trinajstić information content (AvgIpc) is 3.40. The minimum absolute atomic E-state index is 0.490. The average molecular weight is 398 g/mol. The van der Waals surface area contributed by atoms with Crippen molar-refractivity contribution in [3.8, 4) is 28.6 Å². The van der Waals surface area contributed by atoms with Crippen molar-refractivity contribution in [1.82, 2.24) is 29.4 Å². The van der Waals surface area contributed by atoms with Gasteiger partial charge in [0, 0.05) is 43.7 Å². The second-order valence-corrected chi connectivity index (χ2v) is 7.92. The summed E-state index contributed by atoms with van der Waals surface area (Å²) in [6, 6.07) is 6.30. The molecule has 5 rings (SSSR count). The van der Waals surface area contributed by atoms with Crippen molar-refractivity contribution in [3.05, 3.63) is 48.7 Å². The topological polar surface area (TPSA) is 87.9 Å². The maximum Gasteiger partial charge on any atom is 0.128 e. The number of anilines is 1. The zero-order valence-corrected chi connectivity index (χ0v) is 17.0. The van der Waals surface area contributed by atoms with Crippen molar-refractivity contribution in [1.29, 1.82) is 5.26 Å². The van der Waals surface area contributed by atoms with E-state index >= 15 is 0 Å². The zero-order valence-electron chi connectivity index (χ0n) is 17.0. The van der Waals surface area contributed by atoms with Crippen LogP contribution in [0.2, 0.25) is 0 Å². The molecule has 0 N–H and O–H groups in total. The van der Waals surface area contributed by atoms with Gasteiger partial charge in [-0.2, -0.15) is 15.5 Å². The van der Waals surface area contributed by atoms with Crippen molar-refractivity contribution >= 4 is 11.3 Å². The summed E-state index contributed by atoms with van der Waals surface area (Å²) in [5.74, 6) is 1.76. The Labute approximate surface area is 174 Å². The maximum atomic E-state index is 9.55. The van der Waals surface area contributed by atoms with Crippen LogP contribution in [-0.4, -0.2) is 42.5 Å². The van der Waals surface area contributed by atoms with Gasteiger partial charge in [-0.1, -0.05) is 6.92 Å². The van der Waals surface area contributed by atoms with Crippen LogP contribution in [0, 0.1) is 17.2 Å². The van der Waals surface area contributed by atoms with E-state index < -0.39 is 0 Å². The van der Waals surface area contributed by atoms with E-state index in [2.05, 4.69) is 28.1 Å². The lowest BCUT2D eigenvalue weighted by atomic mass is 9.99. The largest absolute Gasteiger partial charge is 0.357 e. The van der Waals surface area contributed by atoms with Gasteiger partial charge >= 0.3 is 0 Å². The fourth-order valence-corrected chi connectivity index (χ4v) is 3.94. The van der Waals surface area contributed by atoms with Crippen LogP contribution in [0.15, 0.2) is 43.1 Å². The van der Waals surface area contributed by atoms with Gasteiger partial charge in [-0.15, -0.1) is 0 Å². The van der Waals surface area contributed by atoms with Gasteiger partial charge in [0.2, 0.25) is 0 Å². The number of fused-ring (bicyclic) bond motifs is 1. The van der Waals surface area contributed by atoms with Gasteiger partial charge in [0.25, 0.3) is 0 Å². The molecule has 0 spiro atoms. The van der Waals surface area contributed by atoms with Gasteiger partial charge in [0.15, 0.2) is 0 Å². The third kappa shape index (κ3) is 3.18. The van der Waals surface area contributed by atoms with Crippen molar-refractivity contribution < 1.29 is 0 Å². The summed E-state index contributed by atoms with van der Waals surface area (Å²) in [4.78, 5) is 11.9. The third-order valence-electron chi connectivity index (χ3n) is 5.75. The van der Waals surface area contributed by atoms with Crippen LogP contribution in [-0.2, 0) is 7.05 Å². The summed E-state index contributed by atoms with van der Waals surface area (Å²) in [5, 5.41) is 18.2. The Hall–Kier alpha value is -3.73. The maximum absolute atomic E-state index is 9.55. The van der Waals surface area contributed by atoms with Crippen LogP contribution in [0.3, 0.4) is 0 Å². The highest BCUT2D eigenvalue weighted by atomic mass is 15.2. The van der Waals surface area contributed by atoms with E-state index in [4.69, 9.17) is 9.97 Å². The molecular formula is C22H22N8. The molecule has 0 bridgehead atoms. The summed E-state index contributed by atoms with van der Waals surface area (Å²) in [6.45, 7) is 4.37. The predicted molar refractivity (Wildman–Crippen MR) is 114 cm³/mol. The fraction of sp³-hybridized carbons (Fsp3) is 0.318. The minimum Gasteiger partial charge on any atom is -0.357 e. The lowest BCUT2D eigenvalue weighted by molar-refractivity contribution is 0.436. The van der Waals surface area contributed by atoms with Gasteiger partial charge in [-0.25, -0.2) is 14.5 Å². The second-order valence-electron chi connectivity index (χ2n) is 7.92. The van der Waals surface area contributed by atoms with Crippen LogP contribution in [0.25, 0.3) is 28.0 Å². The highest BCUT2D eigenvalue weighted by Crippen LogP contribution is 2.30. The van der Waals surface area contributed by atoms with Crippen LogP contribution >= 0.6 is 0 Å². The van der Waals surface area contributed by atoms with Gasteiger partial charge in [-0.3, -0.25) is 4.68 Å². The number of hydrogen-bond donors (Lipinski definition) is 0. The Morgan fingerprint density at radius 1 is 1.03 bits per heavy atom. The van der Waals surface area contributed by atoms with Crippen molar-refractivity contribution in [2.75, 3.05) is 18.0 Å². The molecule has 0 atom stereocenters. The lowest BCUT2D eigenvalue weighted by Crippen LogP contribution is -2.33. The van der Waals surface area contributed by atoms with Gasteiger partial charge < -0.3 is 4.90 Å². The standard InChI is InChI=1S/C22H22N8/c1-15-5-7-29(8-6-15)20-4-3-16(10-24-20)21-22-17(9-23)11-26-30(22)14-19(27-21)18-12-25-28(2)13-18/h3-4,10-15H,5-8H2,1-2H3. The van der Waals surface area contributed by atoms with Gasteiger partial charge in [0.05, 0.1) is 30.0 Å². The fourth-order valence-electron chi connectivity index (χ4n) is 3.94. The first-order valence-electron chi connectivity index (χ1n) is 10.1. The van der Waals surface area contributed by atoms with Crippen LogP contribution in [0.5, 0.6) is 0 Å². The number of piperidine rings is 1. The molecule has 8 nitrogen and oxygen atoms in total. The monoisotopic (exact) mass is 398 g/mol. The molecule has 0 unspecified atom stereocenters. The first-order chi connectivity index (χ1) is 14.6. The molecule has 1 aliphatic rings. The van der Waals surface area contributed by atoms with E-state index in [1.165, 1.54) is 12.8 Å². The van der Waals surface area contributed by atoms with Gasteiger partial charge in [0.1, 0.15) is 23.0 Å². The van der Waals surface area contributed by atoms with Crippen molar-refractivity contribution in [2.45, 2.75) is 19.8 Å². The van der Waals surface area contributed by atoms with Crippen LogP contribution < -0.4 is 4.90 Å². The minimum atomic E-state index is 0.490. The molecule has 0 aromatic carbocycles. The van der Waals surface area contributed by atoms with E-state index in [1.807, 2.05) is 37.8 Å². The number of nitrogens with zero attached hydrogens (tertiary/aromatic N) is 8. The Bertz CT molecular complexity index is 1240. The lowest BCUT2D eigenvalue weighted by Gasteiger charge is -2.31. The number of hydrogen-bond acceptors (Lipinski definition) is 6. The zero-order chi connectivity index (χ0) is 20.7. The Kier molecular flexibility index (Phi) is 4.43. The molecule has 0 amide bonds. The number of nitriles is 1. The SMILES string of the molecule is CC1CCN(c2ccc(-c3nc(-c4cnn(C)c4)cn4ncc(C#N)c34)cn2)CC1. The summed E-state index contributed by atoms with van der Waals surface area (Å²) in [7, 11) is 1.87. The molecule has 4 aromatic rings. The highest BCUT2D eigenvalue weighted by Gasteiger charge is 2.19. The van der Waals surface area contributed by atoms with E-state index in [-0.39, 0.29) is 0 Å². The van der Waals surface area contributed by atoms with Gasteiger partial charge in [-0.05, 0) is 30.9 Å². The van der Waals surface area contributed by atoms with E-state index in [9.17, 15) is 5.26 Å². The molecule has 4 aromatic heterocycles. The first kappa shape index (κ1) is 18.3. The van der Waals surface area contributed by atoms with Crippen molar-refractivity contribution in [3.63, 3.8) is 0 Å². The summed E-state index contributed by atoms with van der Waals surface area (Å²) >= 11 is 0. The summed E-state index contributed by atoms with van der Waals surface area (Å²) in [6.07, 6.45) is 11.3. The summed E-state index contributed by atoms with van der Waals surface area (Å²) < 4.78 is 3.45. The number of pyridine rings is 1. The predicted octanol–water partition coefficient (Wildman–Crippen LogP) is 3.30. The van der Waals surface area contributed by atoms with Crippen LogP contribution in [0.4, 0.5) is 5.82 Å². The molecule has 5 heterocycles. The number of aryl methyl sites for hydroxylation is 1. The van der Waals surface area contributed by atoms with E-state index in [1.54, 1.807) is 21.6 Å². The Morgan fingerprint density at radius 3 is 2.53 bits per heavy atom. The van der Waals surface area contributed by atoms with Crippen LogP contribution in [0.1, 0.15) is 25.3 Å². The number of aromatic nitrogens is 6.